The summed E-state index contributed by atoms with van der Waals surface area (Å²) in [6.45, 7) is 11.6. The van der Waals surface area contributed by atoms with E-state index in [0.29, 0.717) is 11.1 Å². The maximum absolute atomic E-state index is 13.4. The summed E-state index contributed by atoms with van der Waals surface area (Å²) < 4.78 is 4.96. The van der Waals surface area contributed by atoms with Gasteiger partial charge in [0.25, 0.3) is 0 Å². The van der Waals surface area contributed by atoms with Crippen LogP contribution >= 0.6 is 0 Å². The fraction of sp³-hybridized carbons (Fsp3) is 0.318. The zero-order valence-electron chi connectivity index (χ0n) is 16.0. The van der Waals surface area contributed by atoms with Gasteiger partial charge in [-0.15, -0.1) is 0 Å². The maximum Gasteiger partial charge on any atom is 0.337 e. The second-order valence-corrected chi connectivity index (χ2v) is 6.74. The van der Waals surface area contributed by atoms with Gasteiger partial charge in [-0.25, -0.2) is 4.79 Å². The van der Waals surface area contributed by atoms with E-state index < -0.39 is 5.97 Å². The number of hydrogen-bond acceptors (Lipinski definition) is 3. The van der Waals surface area contributed by atoms with Crippen molar-refractivity contribution in [3.8, 4) is 0 Å². The van der Waals surface area contributed by atoms with E-state index in [1.165, 1.54) is 7.11 Å². The molecule has 0 heterocycles. The van der Waals surface area contributed by atoms with E-state index in [9.17, 15) is 9.90 Å². The first-order valence-electron chi connectivity index (χ1n) is 8.33. The average molecular weight is 337 g/mol. The molecule has 0 aromatic heterocycles. The number of benzene rings is 2. The van der Waals surface area contributed by atoms with E-state index in [2.05, 4.69) is 0 Å². The van der Waals surface area contributed by atoms with Crippen LogP contribution in [0.3, 0.4) is 0 Å². The second-order valence-electron chi connectivity index (χ2n) is 6.74. The normalized spacial score (nSPS) is 12.0. The van der Waals surface area contributed by atoms with Gasteiger partial charge in [-0.2, -0.15) is 0 Å². The predicted octanol–water partition coefficient (Wildman–Crippen LogP) is 3.94. The molecule has 25 heavy (non-hydrogen) atoms. The van der Waals surface area contributed by atoms with Gasteiger partial charge in [-0.05, 0) is 74.9 Å². The van der Waals surface area contributed by atoms with E-state index >= 15 is 0 Å². The van der Waals surface area contributed by atoms with Crippen LogP contribution in [0.5, 0.6) is 0 Å². The SMILES string of the molecule is COC(=O)/C(=C(/[O-])c1c(C)cc(C)cc1C)c1c(C)cc(C)cc1C. The number of rotatable bonds is 3. The Balaban J connectivity index is 2.88. The van der Waals surface area contributed by atoms with E-state index in [0.717, 1.165) is 33.4 Å². The Bertz CT molecular complexity index is 827. The van der Waals surface area contributed by atoms with Crippen molar-refractivity contribution >= 4 is 17.3 Å². The van der Waals surface area contributed by atoms with Crippen molar-refractivity contribution in [2.75, 3.05) is 7.11 Å². The van der Waals surface area contributed by atoms with Gasteiger partial charge in [0.05, 0.1) is 12.7 Å². The third kappa shape index (κ3) is 3.60. The molecule has 2 rings (SSSR count). The second kappa shape index (κ2) is 7.14. The molecule has 0 bridgehead atoms. The van der Waals surface area contributed by atoms with Crippen molar-refractivity contribution in [2.24, 2.45) is 0 Å². The van der Waals surface area contributed by atoms with Gasteiger partial charge in [0.2, 0.25) is 0 Å². The highest BCUT2D eigenvalue weighted by Gasteiger charge is 2.20. The van der Waals surface area contributed by atoms with Gasteiger partial charge in [-0.1, -0.05) is 41.2 Å². The Hall–Kier alpha value is -2.55. The maximum atomic E-state index is 13.4. The average Bonchev–Trinajstić information content (AvgIpc) is 2.48. The molecule has 0 aliphatic carbocycles. The van der Waals surface area contributed by atoms with Crippen molar-refractivity contribution in [1.29, 1.82) is 0 Å². The molecule has 3 nitrogen and oxygen atoms in total. The van der Waals surface area contributed by atoms with E-state index in [-0.39, 0.29) is 11.3 Å². The summed E-state index contributed by atoms with van der Waals surface area (Å²) in [6, 6.07) is 7.88. The number of ether oxygens (including phenoxy) is 1. The summed E-state index contributed by atoms with van der Waals surface area (Å²) >= 11 is 0. The third-order valence-electron chi connectivity index (χ3n) is 4.45. The molecule has 2 aromatic carbocycles. The Morgan fingerprint density at radius 3 is 1.48 bits per heavy atom. The fourth-order valence-corrected chi connectivity index (χ4v) is 3.65. The zero-order valence-corrected chi connectivity index (χ0v) is 16.0. The van der Waals surface area contributed by atoms with Crippen molar-refractivity contribution < 1.29 is 14.6 Å². The van der Waals surface area contributed by atoms with Crippen LogP contribution in [-0.2, 0) is 9.53 Å². The van der Waals surface area contributed by atoms with Crippen molar-refractivity contribution in [2.45, 2.75) is 41.5 Å². The van der Waals surface area contributed by atoms with Gasteiger partial charge < -0.3 is 9.84 Å². The molecule has 0 N–H and O–H groups in total. The molecule has 3 heteroatoms. The fourth-order valence-electron chi connectivity index (χ4n) is 3.65. The molecule has 132 valence electrons. The quantitative estimate of drug-likeness (QED) is 0.369. The van der Waals surface area contributed by atoms with Gasteiger partial charge in [0.15, 0.2) is 0 Å². The van der Waals surface area contributed by atoms with E-state index in [1.807, 2.05) is 65.8 Å². The van der Waals surface area contributed by atoms with Crippen LogP contribution in [0.25, 0.3) is 11.3 Å². The Morgan fingerprint density at radius 1 is 0.760 bits per heavy atom. The monoisotopic (exact) mass is 337 g/mol. The Kier molecular flexibility index (Phi) is 5.36. The molecule has 0 spiro atoms. The molecular formula is C22H25O3-. The van der Waals surface area contributed by atoms with Crippen LogP contribution in [0.4, 0.5) is 0 Å². The van der Waals surface area contributed by atoms with Crippen LogP contribution in [-0.4, -0.2) is 13.1 Å². The van der Waals surface area contributed by atoms with Crippen molar-refractivity contribution in [3.05, 3.63) is 68.8 Å². The molecule has 0 aliphatic rings. The number of esters is 1. The lowest BCUT2D eigenvalue weighted by Gasteiger charge is -2.25. The Labute approximate surface area is 150 Å². The lowest BCUT2D eigenvalue weighted by Crippen LogP contribution is -2.17. The van der Waals surface area contributed by atoms with Gasteiger partial charge in [-0.3, -0.25) is 0 Å². The molecule has 0 atom stereocenters. The van der Waals surface area contributed by atoms with Crippen LogP contribution in [0.1, 0.15) is 44.5 Å². The minimum absolute atomic E-state index is 0.104. The largest absolute Gasteiger partial charge is 0.871 e. The van der Waals surface area contributed by atoms with Crippen LogP contribution in [0.15, 0.2) is 24.3 Å². The highest BCUT2D eigenvalue weighted by atomic mass is 16.5. The lowest BCUT2D eigenvalue weighted by atomic mass is 9.89. The van der Waals surface area contributed by atoms with Crippen molar-refractivity contribution in [3.63, 3.8) is 0 Å². The molecule has 0 aliphatic heterocycles. The van der Waals surface area contributed by atoms with Crippen LogP contribution < -0.4 is 5.11 Å². The molecule has 0 amide bonds. The first kappa shape index (κ1) is 18.8. The predicted molar refractivity (Wildman–Crippen MR) is 100 cm³/mol. The minimum atomic E-state index is -0.598. The van der Waals surface area contributed by atoms with E-state index in [1.54, 1.807) is 0 Å². The number of carbonyl (C=O) groups excluding carboxylic acids is 1. The zero-order chi connectivity index (χ0) is 18.9. The number of hydrogen-bond donors (Lipinski definition) is 0. The van der Waals surface area contributed by atoms with Gasteiger partial charge in [0, 0.05) is 0 Å². The summed E-state index contributed by atoms with van der Waals surface area (Å²) in [5, 5.41) is 13.4. The van der Waals surface area contributed by atoms with E-state index in [4.69, 9.17) is 4.74 Å². The smallest absolute Gasteiger partial charge is 0.337 e. The molecular weight excluding hydrogens is 312 g/mol. The number of aryl methyl sites for hydroxylation is 6. The minimum Gasteiger partial charge on any atom is -0.871 e. The molecule has 0 unspecified atom stereocenters. The number of methoxy groups -OCH3 is 1. The van der Waals surface area contributed by atoms with Crippen molar-refractivity contribution in [1.82, 2.24) is 0 Å². The summed E-state index contributed by atoms with van der Waals surface area (Å²) in [7, 11) is 1.31. The number of carbonyl (C=O) groups is 1. The molecule has 0 fully saturated rings. The van der Waals surface area contributed by atoms with Gasteiger partial charge >= 0.3 is 5.97 Å². The summed E-state index contributed by atoms with van der Waals surface area (Å²) in [4.78, 5) is 12.5. The molecule has 0 saturated heterocycles. The first-order chi connectivity index (χ1) is 11.7. The molecule has 2 aromatic rings. The third-order valence-corrected chi connectivity index (χ3v) is 4.45. The molecule has 0 saturated carbocycles. The van der Waals surface area contributed by atoms with Crippen LogP contribution in [0.2, 0.25) is 0 Å². The Morgan fingerprint density at radius 2 is 1.12 bits per heavy atom. The van der Waals surface area contributed by atoms with Crippen LogP contribution in [0, 0.1) is 41.5 Å². The highest BCUT2D eigenvalue weighted by molar-refractivity contribution is 6.24. The standard InChI is InChI=1S/C22H26O3/c1-12-8-14(3)18(15(4)9-12)20(22(24)25-7)21(23)19-16(5)10-13(2)11-17(19)6/h8-11,23H,1-7H3/p-1/b21-20+. The summed E-state index contributed by atoms with van der Waals surface area (Å²) in [5.41, 5.74) is 7.06. The molecule has 0 radical (unpaired) electrons. The highest BCUT2D eigenvalue weighted by Crippen LogP contribution is 2.32. The summed E-state index contributed by atoms with van der Waals surface area (Å²) in [6.07, 6.45) is 0. The summed E-state index contributed by atoms with van der Waals surface area (Å²) in [5.74, 6) is -0.878. The first-order valence-corrected chi connectivity index (χ1v) is 8.33. The topological polar surface area (TPSA) is 49.4 Å². The van der Waals surface area contributed by atoms with Gasteiger partial charge in [0.1, 0.15) is 0 Å². The lowest BCUT2D eigenvalue weighted by molar-refractivity contribution is -0.243.